The Hall–Kier alpha value is -0.150. The van der Waals surface area contributed by atoms with E-state index in [1.54, 1.807) is 11.3 Å². The first-order valence-electron chi connectivity index (χ1n) is 6.55. The van der Waals surface area contributed by atoms with Gasteiger partial charge in [-0.2, -0.15) is 11.3 Å². The number of hydrogen-bond donors (Lipinski definition) is 1. The standard InChI is InChI=1S/C14H15BrCl2N2O2S2/c1-19(2)13(9-3-4-22-8-9)7-18-23(20,21)14-11(16)5-10(15)6-12(14)17/h3-6,8,13,18H,7H2,1-2H3. The molecule has 4 nitrogen and oxygen atoms in total. The summed E-state index contributed by atoms with van der Waals surface area (Å²) in [6, 6.07) is 4.90. The van der Waals surface area contributed by atoms with Crippen molar-refractivity contribution in [2.75, 3.05) is 20.6 Å². The van der Waals surface area contributed by atoms with Gasteiger partial charge in [0.05, 0.1) is 10.0 Å². The predicted molar refractivity (Wildman–Crippen MR) is 100 cm³/mol. The van der Waals surface area contributed by atoms with Gasteiger partial charge in [-0.15, -0.1) is 0 Å². The highest BCUT2D eigenvalue weighted by atomic mass is 79.9. The van der Waals surface area contributed by atoms with Crippen molar-refractivity contribution in [3.05, 3.63) is 49.0 Å². The Morgan fingerprint density at radius 3 is 2.39 bits per heavy atom. The van der Waals surface area contributed by atoms with Gasteiger partial charge >= 0.3 is 0 Å². The van der Waals surface area contributed by atoms with Crippen LogP contribution in [0.15, 0.2) is 38.3 Å². The normalized spacial score (nSPS) is 13.5. The highest BCUT2D eigenvalue weighted by molar-refractivity contribution is 9.10. The zero-order valence-electron chi connectivity index (χ0n) is 12.4. The fraction of sp³-hybridized carbons (Fsp3) is 0.286. The van der Waals surface area contributed by atoms with Gasteiger partial charge in [-0.1, -0.05) is 39.1 Å². The van der Waals surface area contributed by atoms with E-state index in [9.17, 15) is 8.42 Å². The smallest absolute Gasteiger partial charge is 0.243 e. The molecule has 1 unspecified atom stereocenters. The van der Waals surface area contributed by atoms with Crippen LogP contribution in [-0.2, 0) is 10.0 Å². The molecule has 0 aliphatic heterocycles. The molecule has 23 heavy (non-hydrogen) atoms. The Labute approximate surface area is 158 Å². The van der Waals surface area contributed by atoms with E-state index in [0.29, 0.717) is 4.47 Å². The minimum absolute atomic E-state index is 0.0776. The maximum Gasteiger partial charge on any atom is 0.243 e. The first-order valence-corrected chi connectivity index (χ1v) is 10.5. The van der Waals surface area contributed by atoms with E-state index in [-0.39, 0.29) is 27.5 Å². The van der Waals surface area contributed by atoms with Crippen molar-refractivity contribution in [3.8, 4) is 0 Å². The first-order chi connectivity index (χ1) is 10.7. The number of likely N-dealkylation sites (N-methyl/N-ethyl adjacent to an activating group) is 1. The molecule has 1 N–H and O–H groups in total. The zero-order valence-corrected chi connectivity index (χ0v) is 17.1. The van der Waals surface area contributed by atoms with Gasteiger partial charge in [0.2, 0.25) is 10.0 Å². The lowest BCUT2D eigenvalue weighted by Gasteiger charge is -2.24. The molecule has 0 aliphatic carbocycles. The van der Waals surface area contributed by atoms with E-state index in [0.717, 1.165) is 5.56 Å². The minimum atomic E-state index is -3.82. The largest absolute Gasteiger partial charge is 0.301 e. The highest BCUT2D eigenvalue weighted by Crippen LogP contribution is 2.33. The number of nitrogens with one attached hydrogen (secondary N) is 1. The molecule has 2 rings (SSSR count). The topological polar surface area (TPSA) is 49.4 Å². The summed E-state index contributed by atoms with van der Waals surface area (Å²) in [6.07, 6.45) is 0. The third-order valence-electron chi connectivity index (χ3n) is 3.25. The fourth-order valence-electron chi connectivity index (χ4n) is 2.11. The number of sulfonamides is 1. The molecule has 1 heterocycles. The van der Waals surface area contributed by atoms with E-state index in [1.165, 1.54) is 12.1 Å². The Kier molecular flexibility index (Phi) is 6.52. The molecule has 126 valence electrons. The molecule has 0 bridgehead atoms. The van der Waals surface area contributed by atoms with Gasteiger partial charge < -0.3 is 4.90 Å². The van der Waals surface area contributed by atoms with Gasteiger partial charge in [-0.25, -0.2) is 13.1 Å². The van der Waals surface area contributed by atoms with E-state index in [2.05, 4.69) is 20.7 Å². The number of halogens is 3. The Morgan fingerprint density at radius 2 is 1.91 bits per heavy atom. The molecule has 0 amide bonds. The van der Waals surface area contributed by atoms with Gasteiger partial charge in [-0.05, 0) is 48.6 Å². The van der Waals surface area contributed by atoms with Crippen molar-refractivity contribution < 1.29 is 8.42 Å². The van der Waals surface area contributed by atoms with Gasteiger partial charge in [0.25, 0.3) is 0 Å². The fourth-order valence-corrected chi connectivity index (χ4v) is 5.79. The summed E-state index contributed by atoms with van der Waals surface area (Å²) < 4.78 is 28.4. The van der Waals surface area contributed by atoms with Crippen LogP contribution >= 0.6 is 50.5 Å². The van der Waals surface area contributed by atoms with Gasteiger partial charge in [0.15, 0.2) is 0 Å². The molecular weight excluding hydrogens is 443 g/mol. The summed E-state index contributed by atoms with van der Waals surface area (Å²) in [4.78, 5) is 1.85. The summed E-state index contributed by atoms with van der Waals surface area (Å²) in [5.41, 5.74) is 1.05. The average molecular weight is 458 g/mol. The maximum absolute atomic E-state index is 12.6. The first kappa shape index (κ1) is 19.2. The number of nitrogens with zero attached hydrogens (tertiary/aromatic N) is 1. The van der Waals surface area contributed by atoms with Crippen LogP contribution in [0.4, 0.5) is 0 Å². The summed E-state index contributed by atoms with van der Waals surface area (Å²) in [6.45, 7) is 0.217. The minimum Gasteiger partial charge on any atom is -0.301 e. The third kappa shape index (κ3) is 4.69. The van der Waals surface area contributed by atoms with Crippen LogP contribution in [0, 0.1) is 0 Å². The van der Waals surface area contributed by atoms with Crippen molar-refractivity contribution in [3.63, 3.8) is 0 Å². The van der Waals surface area contributed by atoms with Crippen molar-refractivity contribution in [2.24, 2.45) is 0 Å². The van der Waals surface area contributed by atoms with E-state index in [1.807, 2.05) is 35.8 Å². The van der Waals surface area contributed by atoms with Crippen LogP contribution < -0.4 is 4.72 Å². The van der Waals surface area contributed by atoms with E-state index < -0.39 is 10.0 Å². The molecule has 0 fully saturated rings. The molecule has 1 aromatic carbocycles. The Morgan fingerprint density at radius 1 is 1.30 bits per heavy atom. The number of rotatable bonds is 6. The maximum atomic E-state index is 12.6. The second-order valence-corrected chi connectivity index (χ2v) is 9.30. The molecule has 1 aromatic heterocycles. The van der Waals surface area contributed by atoms with E-state index >= 15 is 0 Å². The van der Waals surface area contributed by atoms with E-state index in [4.69, 9.17) is 23.2 Å². The molecule has 0 saturated heterocycles. The lowest BCUT2D eigenvalue weighted by atomic mass is 10.1. The highest BCUT2D eigenvalue weighted by Gasteiger charge is 2.24. The lowest BCUT2D eigenvalue weighted by Crippen LogP contribution is -2.34. The zero-order chi connectivity index (χ0) is 17.2. The van der Waals surface area contributed by atoms with Crippen molar-refractivity contribution in [1.82, 2.24) is 9.62 Å². The molecular formula is C14H15BrCl2N2O2S2. The third-order valence-corrected chi connectivity index (χ3v) is 6.75. The average Bonchev–Trinajstić information content (AvgIpc) is 2.90. The van der Waals surface area contributed by atoms with Crippen LogP contribution in [0.5, 0.6) is 0 Å². The van der Waals surface area contributed by atoms with Crippen LogP contribution in [0.2, 0.25) is 10.0 Å². The predicted octanol–water partition coefficient (Wildman–Crippen LogP) is 4.40. The molecule has 0 saturated carbocycles. The molecule has 0 aliphatic rings. The van der Waals surface area contributed by atoms with Crippen LogP contribution in [-0.4, -0.2) is 34.0 Å². The molecule has 0 radical (unpaired) electrons. The molecule has 9 heteroatoms. The molecule has 2 aromatic rings. The summed E-state index contributed by atoms with van der Waals surface area (Å²) >= 11 is 16.9. The molecule has 1 atom stereocenters. The van der Waals surface area contributed by atoms with Crippen LogP contribution in [0.1, 0.15) is 11.6 Å². The monoisotopic (exact) mass is 456 g/mol. The SMILES string of the molecule is CN(C)C(CNS(=O)(=O)c1c(Cl)cc(Br)cc1Cl)c1ccsc1. The van der Waals surface area contributed by atoms with Gasteiger partial charge in [0.1, 0.15) is 4.90 Å². The quantitative estimate of drug-likeness (QED) is 0.699. The Bertz CT molecular complexity index is 757. The lowest BCUT2D eigenvalue weighted by molar-refractivity contribution is 0.300. The van der Waals surface area contributed by atoms with Gasteiger partial charge in [-0.3, -0.25) is 0 Å². The second-order valence-electron chi connectivity index (χ2n) is 5.09. The van der Waals surface area contributed by atoms with Crippen molar-refractivity contribution in [1.29, 1.82) is 0 Å². The summed E-state index contributed by atoms with van der Waals surface area (Å²) in [7, 11) is -0.0180. The summed E-state index contributed by atoms with van der Waals surface area (Å²) in [5.74, 6) is 0. The summed E-state index contributed by atoms with van der Waals surface area (Å²) in [5, 5.41) is 4.11. The Balaban J connectivity index is 2.25. The number of benzene rings is 1. The number of thiophene rings is 1. The molecule has 0 spiro atoms. The van der Waals surface area contributed by atoms with Crippen LogP contribution in [0.25, 0.3) is 0 Å². The van der Waals surface area contributed by atoms with Crippen molar-refractivity contribution in [2.45, 2.75) is 10.9 Å². The second kappa shape index (κ2) is 7.82. The van der Waals surface area contributed by atoms with Gasteiger partial charge in [0, 0.05) is 17.1 Å². The van der Waals surface area contributed by atoms with Crippen molar-refractivity contribution >= 4 is 60.5 Å². The number of hydrogen-bond acceptors (Lipinski definition) is 4. The van der Waals surface area contributed by atoms with Crippen LogP contribution in [0.3, 0.4) is 0 Å².